The number of ether oxygens (including phenoxy) is 1. The summed E-state index contributed by atoms with van der Waals surface area (Å²) >= 11 is 1.63. The molecule has 0 saturated carbocycles. The smallest absolute Gasteiger partial charge is 0.0795 e. The molecule has 5 heteroatoms. The van der Waals surface area contributed by atoms with Crippen LogP contribution in [0, 0.1) is 5.41 Å². The zero-order valence-corrected chi connectivity index (χ0v) is 11.1. The van der Waals surface area contributed by atoms with Crippen LogP contribution >= 0.6 is 11.3 Å². The van der Waals surface area contributed by atoms with E-state index in [0.29, 0.717) is 0 Å². The minimum absolute atomic E-state index is 0.0169. The van der Waals surface area contributed by atoms with Crippen molar-refractivity contribution in [2.75, 3.05) is 33.4 Å². The van der Waals surface area contributed by atoms with Crippen LogP contribution in [0.2, 0.25) is 0 Å². The van der Waals surface area contributed by atoms with Gasteiger partial charge in [-0.2, -0.15) is 0 Å². The number of nitrogens with zero attached hydrogens (tertiary/aromatic N) is 2. The van der Waals surface area contributed by atoms with E-state index in [0.717, 1.165) is 44.8 Å². The Hall–Kier alpha value is -0.490. The highest BCUT2D eigenvalue weighted by Crippen LogP contribution is 2.30. The molecule has 4 nitrogen and oxygen atoms in total. The van der Waals surface area contributed by atoms with Gasteiger partial charge in [-0.15, -0.1) is 11.3 Å². The summed E-state index contributed by atoms with van der Waals surface area (Å²) in [5.74, 6) is 0. The molecule has 96 valence electrons. The number of hydrogen-bond acceptors (Lipinski definition) is 5. The van der Waals surface area contributed by atoms with Gasteiger partial charge < -0.3 is 9.84 Å². The van der Waals surface area contributed by atoms with Crippen molar-refractivity contribution in [3.8, 4) is 0 Å². The van der Waals surface area contributed by atoms with E-state index in [2.05, 4.69) is 22.3 Å². The molecule has 0 bridgehead atoms. The molecule has 0 radical (unpaired) electrons. The average molecular weight is 256 g/mol. The van der Waals surface area contributed by atoms with Crippen LogP contribution in [0.1, 0.15) is 18.5 Å². The second kappa shape index (κ2) is 5.91. The normalized spacial score (nSPS) is 19.7. The molecule has 0 unspecified atom stereocenters. The van der Waals surface area contributed by atoms with Gasteiger partial charge in [-0.05, 0) is 19.9 Å². The Balaban J connectivity index is 1.89. The van der Waals surface area contributed by atoms with Crippen LogP contribution in [-0.2, 0) is 11.3 Å². The highest BCUT2D eigenvalue weighted by atomic mass is 32.1. The Labute approximate surface area is 106 Å². The van der Waals surface area contributed by atoms with E-state index in [1.165, 1.54) is 0 Å². The zero-order valence-electron chi connectivity index (χ0n) is 10.3. The summed E-state index contributed by atoms with van der Waals surface area (Å²) in [5.41, 5.74) is 2.99. The second-order valence-electron chi connectivity index (χ2n) is 4.92. The summed E-state index contributed by atoms with van der Waals surface area (Å²) < 4.78 is 5.37. The Morgan fingerprint density at radius 1 is 1.53 bits per heavy atom. The lowest BCUT2D eigenvalue weighted by Crippen LogP contribution is -2.42. The van der Waals surface area contributed by atoms with E-state index in [-0.39, 0.29) is 12.0 Å². The van der Waals surface area contributed by atoms with Gasteiger partial charge >= 0.3 is 0 Å². The van der Waals surface area contributed by atoms with Gasteiger partial charge in [0.15, 0.2) is 0 Å². The predicted molar refractivity (Wildman–Crippen MR) is 68.0 cm³/mol. The summed E-state index contributed by atoms with van der Waals surface area (Å²) in [5, 5.41) is 11.7. The third-order valence-corrected chi connectivity index (χ3v) is 4.04. The molecule has 1 saturated heterocycles. The number of thiazole rings is 1. The molecule has 17 heavy (non-hydrogen) atoms. The lowest BCUT2D eigenvalue weighted by Gasteiger charge is -2.38. The summed E-state index contributed by atoms with van der Waals surface area (Å²) in [6.45, 7) is 3.55. The first kappa shape index (κ1) is 13.0. The number of aromatic nitrogens is 1. The lowest BCUT2D eigenvalue weighted by molar-refractivity contribution is -0.0319. The van der Waals surface area contributed by atoms with E-state index in [4.69, 9.17) is 4.74 Å². The molecule has 1 aliphatic heterocycles. The summed E-state index contributed by atoms with van der Waals surface area (Å²) in [7, 11) is 2.09. The molecule has 1 fully saturated rings. The molecule has 0 atom stereocenters. The van der Waals surface area contributed by atoms with Gasteiger partial charge in [0.2, 0.25) is 0 Å². The topological polar surface area (TPSA) is 45.6 Å². The van der Waals surface area contributed by atoms with Gasteiger partial charge in [0.1, 0.15) is 0 Å². The van der Waals surface area contributed by atoms with Crippen molar-refractivity contribution >= 4 is 11.3 Å². The molecule has 2 heterocycles. The van der Waals surface area contributed by atoms with Crippen LogP contribution < -0.4 is 0 Å². The maximum atomic E-state index is 9.62. The van der Waals surface area contributed by atoms with Crippen molar-refractivity contribution in [1.82, 2.24) is 9.88 Å². The minimum Gasteiger partial charge on any atom is -0.396 e. The monoisotopic (exact) mass is 256 g/mol. The lowest BCUT2D eigenvalue weighted by atomic mass is 9.80. The van der Waals surface area contributed by atoms with Crippen LogP contribution in [-0.4, -0.2) is 48.4 Å². The van der Waals surface area contributed by atoms with Crippen LogP contribution in [0.5, 0.6) is 0 Å². The molecule has 0 aliphatic carbocycles. The zero-order chi connectivity index (χ0) is 12.1. The molecule has 1 aromatic rings. The van der Waals surface area contributed by atoms with Crippen molar-refractivity contribution in [2.24, 2.45) is 5.41 Å². The fraction of sp³-hybridized carbons (Fsp3) is 0.750. The van der Waals surface area contributed by atoms with Gasteiger partial charge in [-0.25, -0.2) is 4.98 Å². The quantitative estimate of drug-likeness (QED) is 0.864. The maximum absolute atomic E-state index is 9.62. The predicted octanol–water partition coefficient (Wildman–Crippen LogP) is 1.36. The first-order valence-electron chi connectivity index (χ1n) is 5.98. The van der Waals surface area contributed by atoms with Gasteiger partial charge in [0.05, 0.1) is 17.8 Å². The number of aliphatic hydroxyl groups excluding tert-OH is 1. The number of hydrogen-bond donors (Lipinski definition) is 1. The van der Waals surface area contributed by atoms with Crippen LogP contribution in [0.4, 0.5) is 0 Å². The van der Waals surface area contributed by atoms with Crippen molar-refractivity contribution in [3.63, 3.8) is 0 Å². The van der Waals surface area contributed by atoms with Crippen LogP contribution in [0.3, 0.4) is 0 Å². The van der Waals surface area contributed by atoms with Gasteiger partial charge in [-0.1, -0.05) is 0 Å². The highest BCUT2D eigenvalue weighted by Gasteiger charge is 2.33. The standard InChI is InChI=1S/C12H20N2O2S/c1-14(6-11-7-17-10-13-11)8-12(9-15)2-4-16-5-3-12/h7,10,15H,2-6,8-9H2,1H3. The molecular weight excluding hydrogens is 236 g/mol. The SMILES string of the molecule is CN(Cc1cscn1)CC1(CO)CCOCC1. The largest absolute Gasteiger partial charge is 0.396 e. The molecule has 1 aromatic heterocycles. The number of aliphatic hydroxyl groups is 1. The molecule has 1 aliphatic rings. The first-order chi connectivity index (χ1) is 8.24. The van der Waals surface area contributed by atoms with Gasteiger partial charge in [0.25, 0.3) is 0 Å². The molecule has 0 amide bonds. The third kappa shape index (κ3) is 3.48. The van der Waals surface area contributed by atoms with Gasteiger partial charge in [0, 0.05) is 37.1 Å². The highest BCUT2D eigenvalue weighted by molar-refractivity contribution is 7.07. The van der Waals surface area contributed by atoms with Crippen LogP contribution in [0.25, 0.3) is 0 Å². The Bertz CT molecular complexity index is 323. The molecule has 0 aromatic carbocycles. The second-order valence-corrected chi connectivity index (χ2v) is 5.64. The average Bonchev–Trinajstić information content (AvgIpc) is 2.83. The molecule has 2 rings (SSSR count). The molecule has 0 spiro atoms. The van der Waals surface area contributed by atoms with Crippen molar-refractivity contribution in [2.45, 2.75) is 19.4 Å². The maximum Gasteiger partial charge on any atom is 0.0795 e. The first-order valence-corrected chi connectivity index (χ1v) is 6.93. The van der Waals surface area contributed by atoms with Crippen molar-refractivity contribution in [1.29, 1.82) is 0 Å². The summed E-state index contributed by atoms with van der Waals surface area (Å²) in [6.07, 6.45) is 1.90. The van der Waals surface area contributed by atoms with E-state index >= 15 is 0 Å². The van der Waals surface area contributed by atoms with Crippen molar-refractivity contribution in [3.05, 3.63) is 16.6 Å². The Morgan fingerprint density at radius 2 is 2.29 bits per heavy atom. The molecular formula is C12H20N2O2S. The van der Waals surface area contributed by atoms with E-state index < -0.39 is 0 Å². The molecule has 1 N–H and O–H groups in total. The van der Waals surface area contributed by atoms with E-state index in [1.54, 1.807) is 11.3 Å². The summed E-state index contributed by atoms with van der Waals surface area (Å²) in [6, 6.07) is 0. The Morgan fingerprint density at radius 3 is 2.88 bits per heavy atom. The number of rotatable bonds is 5. The van der Waals surface area contributed by atoms with E-state index in [1.807, 2.05) is 5.51 Å². The van der Waals surface area contributed by atoms with E-state index in [9.17, 15) is 5.11 Å². The van der Waals surface area contributed by atoms with Gasteiger partial charge in [-0.3, -0.25) is 4.90 Å². The minimum atomic E-state index is 0.0169. The fourth-order valence-electron chi connectivity index (χ4n) is 2.39. The van der Waals surface area contributed by atoms with Crippen LogP contribution in [0.15, 0.2) is 10.9 Å². The third-order valence-electron chi connectivity index (χ3n) is 3.41. The fourth-order valence-corrected chi connectivity index (χ4v) is 2.94. The summed E-state index contributed by atoms with van der Waals surface area (Å²) in [4.78, 5) is 6.53. The Kier molecular flexibility index (Phi) is 4.50. The van der Waals surface area contributed by atoms with Crippen molar-refractivity contribution < 1.29 is 9.84 Å².